The van der Waals surface area contributed by atoms with E-state index in [-0.39, 0.29) is 5.91 Å². The molecule has 0 atom stereocenters. The zero-order valence-electron chi connectivity index (χ0n) is 10.4. The fourth-order valence-corrected chi connectivity index (χ4v) is 2.00. The van der Waals surface area contributed by atoms with E-state index in [1.165, 1.54) is 0 Å². The number of hydrogen-bond donors (Lipinski definition) is 2. The van der Waals surface area contributed by atoms with Crippen molar-refractivity contribution >= 4 is 23.2 Å². The first-order chi connectivity index (χ1) is 8.54. The largest absolute Gasteiger partial charge is 0.398 e. The SMILES string of the molecule is CN(CC(=O)NC1CC1)Cc1cc(Cl)ccc1N. The molecule has 1 aliphatic carbocycles. The van der Waals surface area contributed by atoms with E-state index in [1.54, 1.807) is 12.1 Å². The molecule has 0 aliphatic heterocycles. The quantitative estimate of drug-likeness (QED) is 0.798. The van der Waals surface area contributed by atoms with Crippen LogP contribution in [0.15, 0.2) is 18.2 Å². The summed E-state index contributed by atoms with van der Waals surface area (Å²) in [5.74, 6) is 0.0700. The fraction of sp³-hybridized carbons (Fsp3) is 0.462. The molecule has 0 saturated heterocycles. The third kappa shape index (κ3) is 3.89. The maximum Gasteiger partial charge on any atom is 0.234 e. The van der Waals surface area contributed by atoms with E-state index in [0.717, 1.165) is 18.4 Å². The van der Waals surface area contributed by atoms with Gasteiger partial charge < -0.3 is 11.1 Å². The maximum atomic E-state index is 11.6. The summed E-state index contributed by atoms with van der Waals surface area (Å²) in [5.41, 5.74) is 7.52. The summed E-state index contributed by atoms with van der Waals surface area (Å²) >= 11 is 5.93. The van der Waals surface area contributed by atoms with Crippen LogP contribution in [0.25, 0.3) is 0 Å². The Hall–Kier alpha value is -1.26. The highest BCUT2D eigenvalue weighted by Gasteiger charge is 2.23. The van der Waals surface area contributed by atoms with Gasteiger partial charge >= 0.3 is 0 Å². The van der Waals surface area contributed by atoms with Gasteiger partial charge in [0, 0.05) is 23.3 Å². The van der Waals surface area contributed by atoms with Gasteiger partial charge in [-0.1, -0.05) is 11.6 Å². The molecule has 1 amide bonds. The van der Waals surface area contributed by atoms with Gasteiger partial charge in [0.15, 0.2) is 0 Å². The number of rotatable bonds is 5. The molecule has 0 spiro atoms. The van der Waals surface area contributed by atoms with Crippen molar-refractivity contribution in [3.8, 4) is 0 Å². The lowest BCUT2D eigenvalue weighted by atomic mass is 10.1. The van der Waals surface area contributed by atoms with Crippen LogP contribution in [0.1, 0.15) is 18.4 Å². The van der Waals surface area contributed by atoms with E-state index in [9.17, 15) is 4.79 Å². The summed E-state index contributed by atoms with van der Waals surface area (Å²) in [5, 5.41) is 3.62. The average Bonchev–Trinajstić information content (AvgIpc) is 3.07. The Balaban J connectivity index is 1.87. The van der Waals surface area contributed by atoms with Crippen LogP contribution in [0.2, 0.25) is 5.02 Å². The normalized spacial score (nSPS) is 14.8. The number of anilines is 1. The van der Waals surface area contributed by atoms with Crippen molar-refractivity contribution in [3.63, 3.8) is 0 Å². The monoisotopic (exact) mass is 267 g/mol. The number of hydrogen-bond acceptors (Lipinski definition) is 3. The summed E-state index contributed by atoms with van der Waals surface area (Å²) < 4.78 is 0. The standard InChI is InChI=1S/C13H18ClN3O/c1-17(8-13(18)16-11-3-4-11)7-9-6-10(14)2-5-12(9)15/h2,5-6,11H,3-4,7-8,15H2,1H3,(H,16,18). The summed E-state index contributed by atoms with van der Waals surface area (Å²) in [6.45, 7) is 0.993. The summed E-state index contributed by atoms with van der Waals surface area (Å²) in [6, 6.07) is 5.80. The van der Waals surface area contributed by atoms with Gasteiger partial charge in [0.25, 0.3) is 0 Å². The molecular formula is C13H18ClN3O. The Morgan fingerprint density at radius 1 is 1.56 bits per heavy atom. The molecule has 5 heteroatoms. The van der Waals surface area contributed by atoms with Crippen LogP contribution in [-0.4, -0.2) is 30.4 Å². The Bertz CT molecular complexity index is 446. The van der Waals surface area contributed by atoms with Crippen LogP contribution in [0.3, 0.4) is 0 Å². The van der Waals surface area contributed by atoms with Crippen molar-refractivity contribution in [2.24, 2.45) is 0 Å². The number of nitrogens with one attached hydrogen (secondary N) is 1. The van der Waals surface area contributed by atoms with Crippen molar-refractivity contribution < 1.29 is 4.79 Å². The molecule has 1 fully saturated rings. The van der Waals surface area contributed by atoms with Gasteiger partial charge in [-0.2, -0.15) is 0 Å². The predicted octanol–water partition coefficient (Wildman–Crippen LogP) is 1.63. The van der Waals surface area contributed by atoms with Gasteiger partial charge in [-0.25, -0.2) is 0 Å². The molecule has 0 radical (unpaired) electrons. The van der Waals surface area contributed by atoms with Gasteiger partial charge in [0.1, 0.15) is 0 Å². The molecule has 98 valence electrons. The van der Waals surface area contributed by atoms with Gasteiger partial charge in [-0.15, -0.1) is 0 Å². The van der Waals surface area contributed by atoms with E-state index in [0.29, 0.717) is 29.8 Å². The highest BCUT2D eigenvalue weighted by molar-refractivity contribution is 6.30. The van der Waals surface area contributed by atoms with Crippen molar-refractivity contribution in [1.29, 1.82) is 0 Å². The molecule has 3 N–H and O–H groups in total. The molecule has 1 aromatic carbocycles. The van der Waals surface area contributed by atoms with E-state index in [2.05, 4.69) is 5.32 Å². The minimum Gasteiger partial charge on any atom is -0.398 e. The van der Waals surface area contributed by atoms with E-state index in [4.69, 9.17) is 17.3 Å². The molecule has 0 unspecified atom stereocenters. The van der Waals surface area contributed by atoms with Crippen LogP contribution < -0.4 is 11.1 Å². The van der Waals surface area contributed by atoms with Gasteiger partial charge in [0.05, 0.1) is 6.54 Å². The van der Waals surface area contributed by atoms with Crippen molar-refractivity contribution in [3.05, 3.63) is 28.8 Å². The average molecular weight is 268 g/mol. The highest BCUT2D eigenvalue weighted by atomic mass is 35.5. The first kappa shape index (κ1) is 13.2. The highest BCUT2D eigenvalue weighted by Crippen LogP contribution is 2.20. The van der Waals surface area contributed by atoms with E-state index in [1.807, 2.05) is 18.0 Å². The molecule has 18 heavy (non-hydrogen) atoms. The second-order valence-electron chi connectivity index (χ2n) is 4.86. The maximum absolute atomic E-state index is 11.6. The van der Waals surface area contributed by atoms with E-state index < -0.39 is 0 Å². The van der Waals surface area contributed by atoms with Gasteiger partial charge in [0.2, 0.25) is 5.91 Å². The number of nitrogens with two attached hydrogens (primary N) is 1. The molecule has 0 heterocycles. The minimum atomic E-state index is 0.0700. The first-order valence-electron chi connectivity index (χ1n) is 6.06. The van der Waals surface area contributed by atoms with Crippen LogP contribution in [-0.2, 0) is 11.3 Å². The summed E-state index contributed by atoms with van der Waals surface area (Å²) in [6.07, 6.45) is 2.22. The molecule has 0 aromatic heterocycles. The molecular weight excluding hydrogens is 250 g/mol. The number of carbonyl (C=O) groups excluding carboxylic acids is 1. The van der Waals surface area contributed by atoms with E-state index >= 15 is 0 Å². The van der Waals surface area contributed by atoms with Crippen molar-refractivity contribution in [1.82, 2.24) is 10.2 Å². The summed E-state index contributed by atoms with van der Waals surface area (Å²) in [4.78, 5) is 13.6. The van der Waals surface area contributed by atoms with Crippen molar-refractivity contribution in [2.75, 3.05) is 19.3 Å². The number of nitrogens with zero attached hydrogens (tertiary/aromatic N) is 1. The lowest BCUT2D eigenvalue weighted by Gasteiger charge is -2.17. The van der Waals surface area contributed by atoms with Crippen LogP contribution in [0.4, 0.5) is 5.69 Å². The number of likely N-dealkylation sites (N-methyl/N-ethyl adjacent to an activating group) is 1. The fourth-order valence-electron chi connectivity index (χ4n) is 1.80. The minimum absolute atomic E-state index is 0.0700. The van der Waals surface area contributed by atoms with Gasteiger partial charge in [-0.05, 0) is 43.7 Å². The molecule has 4 nitrogen and oxygen atoms in total. The molecule has 0 bridgehead atoms. The number of benzene rings is 1. The number of halogens is 1. The van der Waals surface area contributed by atoms with Crippen molar-refractivity contribution in [2.45, 2.75) is 25.4 Å². The Morgan fingerprint density at radius 2 is 2.28 bits per heavy atom. The smallest absolute Gasteiger partial charge is 0.234 e. The second kappa shape index (κ2) is 5.59. The topological polar surface area (TPSA) is 58.4 Å². The predicted molar refractivity (Wildman–Crippen MR) is 73.4 cm³/mol. The number of amides is 1. The lowest BCUT2D eigenvalue weighted by Crippen LogP contribution is -2.36. The molecule has 1 aliphatic rings. The lowest BCUT2D eigenvalue weighted by molar-refractivity contribution is -0.122. The Kier molecular flexibility index (Phi) is 4.09. The molecule has 2 rings (SSSR count). The molecule has 1 aromatic rings. The summed E-state index contributed by atoms with van der Waals surface area (Å²) in [7, 11) is 1.90. The third-order valence-corrected chi connectivity index (χ3v) is 3.14. The zero-order chi connectivity index (χ0) is 13.1. The van der Waals surface area contributed by atoms with Crippen LogP contribution in [0.5, 0.6) is 0 Å². The second-order valence-corrected chi connectivity index (χ2v) is 5.29. The Morgan fingerprint density at radius 3 is 2.94 bits per heavy atom. The number of nitrogen functional groups attached to an aromatic ring is 1. The van der Waals surface area contributed by atoms with Gasteiger partial charge in [-0.3, -0.25) is 9.69 Å². The zero-order valence-corrected chi connectivity index (χ0v) is 11.2. The Labute approximate surface area is 112 Å². The molecule has 1 saturated carbocycles. The van der Waals surface area contributed by atoms with Crippen LogP contribution in [0, 0.1) is 0 Å². The first-order valence-corrected chi connectivity index (χ1v) is 6.44. The van der Waals surface area contributed by atoms with Crippen LogP contribution >= 0.6 is 11.6 Å². The third-order valence-electron chi connectivity index (χ3n) is 2.90. The number of carbonyl (C=O) groups is 1.